The Kier molecular flexibility index (Phi) is 9.08. The van der Waals surface area contributed by atoms with Gasteiger partial charge in [0.15, 0.2) is 17.5 Å². The first-order chi connectivity index (χ1) is 10.6. The SMILES string of the molecule is ClC(Cl)C(Cl)(Cl)c1nc(C(Cl)(Cl)C(Cl)Cl)nc(C(Cl)(Cl)C(Cl)Cl)n1. The Balaban J connectivity index is 3.70. The van der Waals surface area contributed by atoms with Crippen LogP contribution in [-0.2, 0) is 13.0 Å². The standard InChI is InChI=1S/C9H3Cl12N3/c10-1(11)7(16,17)4-22-5(8(18,19)2(12)13)24-6(23-4)9(20,21)3(14)15/h1-3H. The van der Waals surface area contributed by atoms with Gasteiger partial charge in [-0.05, 0) is 0 Å². The zero-order chi connectivity index (χ0) is 19.1. The summed E-state index contributed by atoms with van der Waals surface area (Å²) in [5, 5.41) is 0. The molecule has 0 bridgehead atoms. The Morgan fingerprint density at radius 1 is 0.458 bits per heavy atom. The average Bonchev–Trinajstić information content (AvgIpc) is 2.46. The summed E-state index contributed by atoms with van der Waals surface area (Å²) in [6, 6.07) is 0. The van der Waals surface area contributed by atoms with Gasteiger partial charge in [-0.3, -0.25) is 0 Å². The van der Waals surface area contributed by atoms with E-state index in [9.17, 15) is 0 Å². The maximum absolute atomic E-state index is 6.04. The minimum atomic E-state index is -2.01. The zero-order valence-electron chi connectivity index (χ0n) is 10.6. The first-order valence-corrected chi connectivity index (χ1v) is 10.3. The number of rotatable bonds is 6. The topological polar surface area (TPSA) is 38.7 Å². The van der Waals surface area contributed by atoms with Gasteiger partial charge in [-0.15, -0.1) is 69.6 Å². The highest BCUT2D eigenvalue weighted by Gasteiger charge is 2.46. The first-order valence-electron chi connectivity index (χ1n) is 5.40. The monoisotopic (exact) mass is 573 g/mol. The molecule has 1 aromatic heterocycles. The van der Waals surface area contributed by atoms with Crippen LogP contribution in [0, 0.1) is 0 Å². The number of aromatic nitrogens is 3. The van der Waals surface area contributed by atoms with Crippen LogP contribution in [0.4, 0.5) is 0 Å². The lowest BCUT2D eigenvalue weighted by Crippen LogP contribution is -2.33. The van der Waals surface area contributed by atoms with Crippen LogP contribution in [0.3, 0.4) is 0 Å². The number of halogens is 12. The van der Waals surface area contributed by atoms with Gasteiger partial charge < -0.3 is 0 Å². The zero-order valence-corrected chi connectivity index (χ0v) is 19.7. The van der Waals surface area contributed by atoms with Gasteiger partial charge >= 0.3 is 0 Å². The number of hydrogen-bond donors (Lipinski definition) is 0. The lowest BCUT2D eigenvalue weighted by atomic mass is 10.3. The Labute approximate surface area is 197 Å². The van der Waals surface area contributed by atoms with Crippen LogP contribution in [0.5, 0.6) is 0 Å². The number of hydrogen-bond acceptors (Lipinski definition) is 3. The molecule has 0 aliphatic rings. The fraction of sp³-hybridized carbons (Fsp3) is 0.667. The molecule has 0 aliphatic carbocycles. The number of alkyl halides is 12. The van der Waals surface area contributed by atoms with E-state index in [0.717, 1.165) is 0 Å². The molecule has 0 spiro atoms. The second-order valence-corrected chi connectivity index (χ2v) is 11.5. The van der Waals surface area contributed by atoms with Crippen molar-refractivity contribution < 1.29 is 0 Å². The quantitative estimate of drug-likeness (QED) is 0.336. The molecule has 1 rings (SSSR count). The summed E-state index contributed by atoms with van der Waals surface area (Å²) in [4.78, 5) is 7.60. The van der Waals surface area contributed by atoms with E-state index >= 15 is 0 Å². The van der Waals surface area contributed by atoms with Gasteiger partial charge in [-0.2, -0.15) is 0 Å². The molecule has 0 fully saturated rings. The Hall–Kier alpha value is 2.49. The fourth-order valence-corrected chi connectivity index (χ4v) is 2.21. The van der Waals surface area contributed by atoms with Gasteiger partial charge in [0.25, 0.3) is 0 Å². The highest BCUT2D eigenvalue weighted by molar-refractivity contribution is 6.60. The van der Waals surface area contributed by atoms with E-state index in [4.69, 9.17) is 139 Å². The van der Waals surface area contributed by atoms with E-state index in [2.05, 4.69) is 15.0 Å². The van der Waals surface area contributed by atoms with E-state index in [1.54, 1.807) is 0 Å². The molecule has 24 heavy (non-hydrogen) atoms. The van der Waals surface area contributed by atoms with Crippen LogP contribution in [0.25, 0.3) is 0 Å². The van der Waals surface area contributed by atoms with Gasteiger partial charge in [-0.1, -0.05) is 69.6 Å². The molecule has 138 valence electrons. The summed E-state index contributed by atoms with van der Waals surface area (Å²) in [7, 11) is 0. The maximum atomic E-state index is 6.04. The van der Waals surface area contributed by atoms with Crippen molar-refractivity contribution >= 4 is 139 Å². The Morgan fingerprint density at radius 2 is 0.625 bits per heavy atom. The molecule has 1 heterocycles. The van der Waals surface area contributed by atoms with Crippen molar-refractivity contribution in [3.05, 3.63) is 17.5 Å². The minimum absolute atomic E-state index is 0.375. The number of nitrogens with zero attached hydrogens (tertiary/aromatic N) is 3. The smallest absolute Gasteiger partial charge is 0.207 e. The predicted octanol–water partition coefficient (Wildman–Crippen LogP) is 7.17. The van der Waals surface area contributed by atoms with Crippen LogP contribution < -0.4 is 0 Å². The van der Waals surface area contributed by atoms with E-state index in [-0.39, 0.29) is 17.5 Å². The third kappa shape index (κ3) is 5.30. The van der Waals surface area contributed by atoms with Gasteiger partial charge in [0.05, 0.1) is 0 Å². The lowest BCUT2D eigenvalue weighted by Gasteiger charge is -2.26. The average molecular weight is 579 g/mol. The normalized spacial score (nSPS) is 14.1. The van der Waals surface area contributed by atoms with Gasteiger partial charge in [0.2, 0.25) is 13.0 Å². The van der Waals surface area contributed by atoms with Crippen molar-refractivity contribution in [1.82, 2.24) is 15.0 Å². The second-order valence-electron chi connectivity index (χ2n) is 4.08. The molecule has 0 atom stereocenters. The van der Waals surface area contributed by atoms with Crippen molar-refractivity contribution in [2.24, 2.45) is 0 Å². The molecule has 0 aromatic carbocycles. The van der Waals surface area contributed by atoms with Crippen molar-refractivity contribution in [1.29, 1.82) is 0 Å². The molecule has 1 aromatic rings. The molecular weight excluding hydrogens is 576 g/mol. The van der Waals surface area contributed by atoms with Gasteiger partial charge in [0, 0.05) is 0 Å². The first kappa shape index (κ1) is 24.5. The molecule has 0 saturated carbocycles. The van der Waals surface area contributed by atoms with Crippen molar-refractivity contribution in [3.8, 4) is 0 Å². The largest absolute Gasteiger partial charge is 0.211 e. The van der Waals surface area contributed by atoms with Crippen molar-refractivity contribution in [3.63, 3.8) is 0 Å². The van der Waals surface area contributed by atoms with Crippen LogP contribution in [0.15, 0.2) is 0 Å². The van der Waals surface area contributed by atoms with Crippen LogP contribution in [-0.4, -0.2) is 29.5 Å². The van der Waals surface area contributed by atoms with Crippen molar-refractivity contribution in [2.75, 3.05) is 0 Å². The summed E-state index contributed by atoms with van der Waals surface area (Å²) in [5.41, 5.74) is 0. The third-order valence-corrected chi connectivity index (χ3v) is 7.98. The van der Waals surface area contributed by atoms with E-state index < -0.39 is 27.5 Å². The highest BCUT2D eigenvalue weighted by Crippen LogP contribution is 2.46. The summed E-state index contributed by atoms with van der Waals surface area (Å²) >= 11 is 70.6. The lowest BCUT2D eigenvalue weighted by molar-refractivity contribution is 0.675. The van der Waals surface area contributed by atoms with E-state index in [1.807, 2.05) is 0 Å². The summed E-state index contributed by atoms with van der Waals surface area (Å²) in [6.07, 6.45) is 0. The summed E-state index contributed by atoms with van der Waals surface area (Å²) < 4.78 is -6.03. The predicted molar refractivity (Wildman–Crippen MR) is 106 cm³/mol. The van der Waals surface area contributed by atoms with E-state index in [1.165, 1.54) is 0 Å². The second kappa shape index (κ2) is 8.88. The Bertz CT molecular complexity index is 494. The minimum Gasteiger partial charge on any atom is -0.211 e. The molecule has 0 radical (unpaired) electrons. The molecule has 0 amide bonds. The van der Waals surface area contributed by atoms with Crippen LogP contribution in [0.2, 0.25) is 0 Å². The maximum Gasteiger partial charge on any atom is 0.207 e. The molecule has 3 nitrogen and oxygen atoms in total. The molecule has 15 heteroatoms. The van der Waals surface area contributed by atoms with Gasteiger partial charge in [-0.25, -0.2) is 15.0 Å². The molecule has 0 aliphatic heterocycles. The molecule has 0 saturated heterocycles. The van der Waals surface area contributed by atoms with Gasteiger partial charge in [0.1, 0.15) is 14.5 Å². The molecule has 0 N–H and O–H groups in total. The molecule has 0 unspecified atom stereocenters. The molecular formula is C9H3Cl12N3. The Morgan fingerprint density at radius 3 is 0.750 bits per heavy atom. The fourth-order valence-electron chi connectivity index (χ4n) is 1.12. The van der Waals surface area contributed by atoms with Crippen LogP contribution in [0.1, 0.15) is 17.5 Å². The summed E-state index contributed by atoms with van der Waals surface area (Å²) in [5.74, 6) is -1.12. The summed E-state index contributed by atoms with van der Waals surface area (Å²) in [6.45, 7) is 0. The van der Waals surface area contributed by atoms with E-state index in [0.29, 0.717) is 0 Å². The highest BCUT2D eigenvalue weighted by atomic mass is 35.6. The third-order valence-electron chi connectivity index (χ3n) is 2.35. The van der Waals surface area contributed by atoms with Crippen LogP contribution >= 0.6 is 139 Å². The van der Waals surface area contributed by atoms with Crippen molar-refractivity contribution in [2.45, 2.75) is 27.5 Å².